The molecule has 3 heterocycles. The number of carbonyl (C=O) groups is 1. The second-order valence-corrected chi connectivity index (χ2v) is 5.99. The fourth-order valence-electron chi connectivity index (χ4n) is 3.28. The molecule has 6 nitrogen and oxygen atoms in total. The van der Waals surface area contributed by atoms with Crippen LogP contribution in [0.1, 0.15) is 35.3 Å². The standard InChI is InChI=1S/C14H20N4O2.ClH/c19-13(11-8-16-18-6-4-15-9-12(11)18)17-5-1-7-20-10-14(17)2-3-14;/h8,15H,1-7,9-10H2;1H. The molecule has 2 fully saturated rings. The van der Waals surface area contributed by atoms with Gasteiger partial charge in [0.25, 0.3) is 5.91 Å². The topological polar surface area (TPSA) is 59.4 Å². The van der Waals surface area contributed by atoms with Gasteiger partial charge >= 0.3 is 0 Å². The van der Waals surface area contributed by atoms with Gasteiger partial charge in [-0.2, -0.15) is 5.10 Å². The minimum absolute atomic E-state index is 0. The van der Waals surface area contributed by atoms with Crippen LogP contribution in [0.3, 0.4) is 0 Å². The molecule has 0 radical (unpaired) electrons. The maximum Gasteiger partial charge on any atom is 0.257 e. The van der Waals surface area contributed by atoms with Crippen LogP contribution in [-0.4, -0.2) is 52.4 Å². The van der Waals surface area contributed by atoms with Crippen molar-refractivity contribution in [2.24, 2.45) is 0 Å². The molecule has 0 unspecified atom stereocenters. The smallest absolute Gasteiger partial charge is 0.257 e. The Morgan fingerprint density at radius 3 is 3.05 bits per heavy atom. The van der Waals surface area contributed by atoms with Crippen molar-refractivity contribution in [3.05, 3.63) is 17.5 Å². The van der Waals surface area contributed by atoms with Crippen LogP contribution in [-0.2, 0) is 17.8 Å². The predicted molar refractivity (Wildman–Crippen MR) is 79.6 cm³/mol. The summed E-state index contributed by atoms with van der Waals surface area (Å²) in [6.07, 6.45) is 4.81. The van der Waals surface area contributed by atoms with E-state index in [1.54, 1.807) is 6.20 Å². The molecule has 3 aliphatic rings. The molecule has 0 atom stereocenters. The Kier molecular flexibility index (Phi) is 3.94. The number of rotatable bonds is 1. The highest BCUT2D eigenvalue weighted by Crippen LogP contribution is 2.44. The second kappa shape index (κ2) is 5.59. The molecule has 21 heavy (non-hydrogen) atoms. The molecule has 1 N–H and O–H groups in total. The molecular weight excluding hydrogens is 292 g/mol. The van der Waals surface area contributed by atoms with E-state index in [4.69, 9.17) is 4.74 Å². The first-order valence-electron chi connectivity index (χ1n) is 7.45. The summed E-state index contributed by atoms with van der Waals surface area (Å²) < 4.78 is 7.61. The van der Waals surface area contributed by atoms with Crippen LogP contribution in [0.5, 0.6) is 0 Å². The van der Waals surface area contributed by atoms with Gasteiger partial charge in [0.15, 0.2) is 0 Å². The molecule has 1 aromatic rings. The van der Waals surface area contributed by atoms with Gasteiger partial charge in [-0.05, 0) is 19.3 Å². The number of hydrogen-bond acceptors (Lipinski definition) is 4. The fourth-order valence-corrected chi connectivity index (χ4v) is 3.28. The van der Waals surface area contributed by atoms with Gasteiger partial charge in [0.2, 0.25) is 0 Å². The van der Waals surface area contributed by atoms with Crippen LogP contribution in [0, 0.1) is 0 Å². The zero-order valence-electron chi connectivity index (χ0n) is 12.0. The van der Waals surface area contributed by atoms with Gasteiger partial charge in [-0.25, -0.2) is 0 Å². The van der Waals surface area contributed by atoms with E-state index in [-0.39, 0.29) is 23.9 Å². The normalized spacial score (nSPS) is 23.1. The number of carbonyl (C=O) groups excluding carboxylic acids is 1. The average Bonchev–Trinajstić information content (AvgIpc) is 3.18. The summed E-state index contributed by atoms with van der Waals surface area (Å²) in [7, 11) is 0. The van der Waals surface area contributed by atoms with Gasteiger partial charge in [-0.1, -0.05) is 0 Å². The fraction of sp³-hybridized carbons (Fsp3) is 0.714. The van der Waals surface area contributed by atoms with E-state index in [1.807, 2.05) is 9.58 Å². The van der Waals surface area contributed by atoms with Crippen LogP contribution < -0.4 is 5.32 Å². The number of amides is 1. The third kappa shape index (κ3) is 2.45. The summed E-state index contributed by atoms with van der Waals surface area (Å²) in [4.78, 5) is 15.0. The molecule has 7 heteroatoms. The van der Waals surface area contributed by atoms with E-state index >= 15 is 0 Å². The predicted octanol–water partition coefficient (Wildman–Crippen LogP) is 0.803. The third-order valence-corrected chi connectivity index (χ3v) is 4.66. The molecule has 0 bridgehead atoms. The number of hydrogen-bond donors (Lipinski definition) is 1. The molecule has 4 rings (SSSR count). The molecule has 1 spiro atoms. The number of halogens is 1. The molecule has 0 aromatic carbocycles. The number of nitrogens with one attached hydrogen (secondary N) is 1. The van der Waals surface area contributed by atoms with Gasteiger partial charge in [0.1, 0.15) is 0 Å². The minimum atomic E-state index is -0.0233. The van der Waals surface area contributed by atoms with Gasteiger partial charge < -0.3 is 15.0 Å². The highest BCUT2D eigenvalue weighted by atomic mass is 35.5. The summed E-state index contributed by atoms with van der Waals surface area (Å²) >= 11 is 0. The van der Waals surface area contributed by atoms with Crippen molar-refractivity contribution in [1.29, 1.82) is 0 Å². The van der Waals surface area contributed by atoms with Crippen molar-refractivity contribution in [1.82, 2.24) is 20.0 Å². The van der Waals surface area contributed by atoms with Crippen LogP contribution in [0.25, 0.3) is 0 Å². The van der Waals surface area contributed by atoms with Crippen LogP contribution in [0.15, 0.2) is 6.20 Å². The van der Waals surface area contributed by atoms with E-state index in [1.165, 1.54) is 0 Å². The Bertz CT molecular complexity index is 541. The number of nitrogens with zero attached hydrogens (tertiary/aromatic N) is 3. The van der Waals surface area contributed by atoms with Gasteiger partial charge in [-0.3, -0.25) is 9.48 Å². The largest absolute Gasteiger partial charge is 0.379 e. The van der Waals surface area contributed by atoms with Crippen LogP contribution >= 0.6 is 12.4 Å². The Hall–Kier alpha value is -1.11. The molecule has 1 saturated carbocycles. The van der Waals surface area contributed by atoms with Gasteiger partial charge in [0, 0.05) is 26.2 Å². The SMILES string of the molecule is Cl.O=C(c1cnn2c1CNCC2)N1CCCOCC12CC2. The Morgan fingerprint density at radius 1 is 1.38 bits per heavy atom. The lowest BCUT2D eigenvalue weighted by Crippen LogP contribution is -2.44. The molecule has 1 amide bonds. The molecule has 2 aliphatic heterocycles. The zero-order chi connectivity index (χ0) is 13.6. The first-order valence-corrected chi connectivity index (χ1v) is 7.45. The Labute approximate surface area is 130 Å². The lowest BCUT2D eigenvalue weighted by atomic mass is 10.1. The zero-order valence-corrected chi connectivity index (χ0v) is 12.8. The quantitative estimate of drug-likeness (QED) is 0.833. The maximum atomic E-state index is 12.9. The van der Waals surface area contributed by atoms with Crippen molar-refractivity contribution >= 4 is 18.3 Å². The highest BCUT2D eigenvalue weighted by molar-refractivity contribution is 5.96. The molecular formula is C14H21ClN4O2. The van der Waals surface area contributed by atoms with Crippen molar-refractivity contribution in [3.63, 3.8) is 0 Å². The number of fused-ring (bicyclic) bond motifs is 1. The summed E-state index contributed by atoms with van der Waals surface area (Å²) in [5, 5.41) is 7.68. The van der Waals surface area contributed by atoms with Crippen LogP contribution in [0.4, 0.5) is 0 Å². The average molecular weight is 313 g/mol. The van der Waals surface area contributed by atoms with E-state index in [0.717, 1.165) is 63.3 Å². The van der Waals surface area contributed by atoms with Crippen LogP contribution in [0.2, 0.25) is 0 Å². The number of aromatic nitrogens is 2. The lowest BCUT2D eigenvalue weighted by molar-refractivity contribution is 0.0549. The van der Waals surface area contributed by atoms with Gasteiger partial charge in [-0.15, -0.1) is 12.4 Å². The van der Waals surface area contributed by atoms with E-state index < -0.39 is 0 Å². The lowest BCUT2D eigenvalue weighted by Gasteiger charge is -2.29. The third-order valence-electron chi connectivity index (χ3n) is 4.66. The highest BCUT2D eigenvalue weighted by Gasteiger charge is 2.51. The van der Waals surface area contributed by atoms with E-state index in [0.29, 0.717) is 6.61 Å². The van der Waals surface area contributed by atoms with Crippen molar-refractivity contribution in [3.8, 4) is 0 Å². The summed E-state index contributed by atoms with van der Waals surface area (Å²) in [5.41, 5.74) is 1.78. The van der Waals surface area contributed by atoms with Crippen molar-refractivity contribution in [2.75, 3.05) is 26.3 Å². The Morgan fingerprint density at radius 2 is 2.24 bits per heavy atom. The first-order chi connectivity index (χ1) is 9.80. The van der Waals surface area contributed by atoms with Crippen molar-refractivity contribution < 1.29 is 9.53 Å². The Balaban J connectivity index is 0.00000132. The summed E-state index contributed by atoms with van der Waals surface area (Å²) in [6, 6.07) is 0. The monoisotopic (exact) mass is 312 g/mol. The number of ether oxygens (including phenoxy) is 1. The molecule has 1 saturated heterocycles. The van der Waals surface area contributed by atoms with E-state index in [9.17, 15) is 4.79 Å². The molecule has 1 aromatic heterocycles. The first kappa shape index (κ1) is 14.8. The van der Waals surface area contributed by atoms with Gasteiger partial charge in [0.05, 0.1) is 36.1 Å². The van der Waals surface area contributed by atoms with E-state index in [2.05, 4.69) is 10.4 Å². The van der Waals surface area contributed by atoms with Crippen molar-refractivity contribution in [2.45, 2.75) is 37.9 Å². The summed E-state index contributed by atoms with van der Waals surface area (Å²) in [5.74, 6) is 0.137. The molecule has 116 valence electrons. The minimum Gasteiger partial charge on any atom is -0.379 e. The maximum absolute atomic E-state index is 12.9. The molecule has 1 aliphatic carbocycles. The summed E-state index contributed by atoms with van der Waals surface area (Å²) in [6.45, 7) is 4.76. The second-order valence-electron chi connectivity index (χ2n) is 5.99.